The van der Waals surface area contributed by atoms with Crippen LogP contribution in [0.1, 0.15) is 25.0 Å². The molecule has 10 aromatic rings. The van der Waals surface area contributed by atoms with Gasteiger partial charge in [-0.3, -0.25) is 0 Å². The van der Waals surface area contributed by atoms with Gasteiger partial charge in [-0.15, -0.1) is 0 Å². The van der Waals surface area contributed by atoms with Crippen molar-refractivity contribution in [2.24, 2.45) is 0 Å². The zero-order valence-electron chi connectivity index (χ0n) is 34.5. The van der Waals surface area contributed by atoms with Gasteiger partial charge in [0.1, 0.15) is 23.0 Å². The smallest absolute Gasteiger partial charge is 0.135 e. The highest BCUT2D eigenvalue weighted by atomic mass is 16.5. The second-order valence-corrected chi connectivity index (χ2v) is 16.2. The molecular formula is C57H44N2O2. The van der Waals surface area contributed by atoms with Gasteiger partial charge in [-0.05, 0) is 140 Å². The summed E-state index contributed by atoms with van der Waals surface area (Å²) < 4.78 is 12.8. The van der Waals surface area contributed by atoms with Crippen molar-refractivity contribution in [3.8, 4) is 5.75 Å². The number of rotatable bonds is 6. The van der Waals surface area contributed by atoms with E-state index in [2.05, 4.69) is 225 Å². The summed E-state index contributed by atoms with van der Waals surface area (Å²) in [6.45, 7) is 6.39. The summed E-state index contributed by atoms with van der Waals surface area (Å²) in [5.41, 5.74) is 11.9. The molecule has 9 aromatic carbocycles. The van der Waals surface area contributed by atoms with E-state index >= 15 is 0 Å². The van der Waals surface area contributed by atoms with Crippen LogP contribution in [0.2, 0.25) is 0 Å². The van der Waals surface area contributed by atoms with Crippen LogP contribution in [0.15, 0.2) is 204 Å². The maximum Gasteiger partial charge on any atom is 0.135 e. The highest BCUT2D eigenvalue weighted by molar-refractivity contribution is 6.24. The summed E-state index contributed by atoms with van der Waals surface area (Å²) in [5.74, 6) is 0.917. The van der Waals surface area contributed by atoms with Crippen molar-refractivity contribution in [1.29, 1.82) is 0 Å². The molecule has 1 aliphatic rings. The van der Waals surface area contributed by atoms with Crippen LogP contribution >= 0.6 is 0 Å². The minimum absolute atomic E-state index is 0.0330. The first-order valence-electron chi connectivity index (χ1n) is 21.1. The van der Waals surface area contributed by atoms with Crippen molar-refractivity contribution < 1.29 is 9.15 Å². The second kappa shape index (κ2) is 14.9. The molecule has 0 amide bonds. The number of fused-ring (bicyclic) bond motifs is 9. The molecular weight excluding hydrogens is 745 g/mol. The van der Waals surface area contributed by atoms with Gasteiger partial charge in [0, 0.05) is 49.9 Å². The molecule has 0 bridgehead atoms. The van der Waals surface area contributed by atoms with E-state index in [4.69, 9.17) is 9.15 Å². The Morgan fingerprint density at radius 2 is 0.984 bits per heavy atom. The third kappa shape index (κ3) is 6.48. The van der Waals surface area contributed by atoms with Crippen molar-refractivity contribution in [2.75, 3.05) is 9.80 Å². The molecule has 4 heteroatoms. The summed E-state index contributed by atoms with van der Waals surface area (Å²) >= 11 is 0. The molecule has 61 heavy (non-hydrogen) atoms. The van der Waals surface area contributed by atoms with Gasteiger partial charge in [0.15, 0.2) is 0 Å². The minimum Gasteiger partial charge on any atom is -0.486 e. The first kappa shape index (κ1) is 36.5. The fourth-order valence-electron chi connectivity index (χ4n) is 9.15. The van der Waals surface area contributed by atoms with Gasteiger partial charge in [0.05, 0.1) is 11.4 Å². The van der Waals surface area contributed by atoms with Gasteiger partial charge in [-0.2, -0.15) is 0 Å². The Morgan fingerprint density at radius 3 is 1.61 bits per heavy atom. The van der Waals surface area contributed by atoms with Crippen LogP contribution in [0.5, 0.6) is 5.75 Å². The SMILES string of the molecule is CC1=CCc2cc(N(c3ccccc3)c3cc4c5ccccc5c(N(c5ccccc5)c5ccc6oc7ccc(C)cc7c6c5)cc4c4ccccc34)ccc2OC(C)C=C1. The fourth-order valence-corrected chi connectivity index (χ4v) is 9.15. The lowest BCUT2D eigenvalue weighted by Gasteiger charge is -2.30. The van der Waals surface area contributed by atoms with E-state index in [1.54, 1.807) is 0 Å². The zero-order valence-corrected chi connectivity index (χ0v) is 34.5. The Labute approximate surface area is 355 Å². The molecule has 0 fully saturated rings. The molecule has 0 spiro atoms. The summed E-state index contributed by atoms with van der Waals surface area (Å²) in [5, 5.41) is 9.32. The average molecular weight is 789 g/mol. The van der Waals surface area contributed by atoms with Crippen molar-refractivity contribution >= 4 is 88.4 Å². The molecule has 1 aromatic heterocycles. The predicted molar refractivity (Wildman–Crippen MR) is 257 cm³/mol. The monoisotopic (exact) mass is 788 g/mol. The number of hydrogen-bond acceptors (Lipinski definition) is 4. The molecule has 0 aliphatic carbocycles. The first-order valence-corrected chi connectivity index (χ1v) is 21.1. The fraction of sp³-hybridized carbons (Fsp3) is 0.0877. The first-order chi connectivity index (χ1) is 30.0. The van der Waals surface area contributed by atoms with Gasteiger partial charge in [0.25, 0.3) is 0 Å². The van der Waals surface area contributed by atoms with E-state index in [0.717, 1.165) is 73.8 Å². The van der Waals surface area contributed by atoms with E-state index < -0.39 is 0 Å². The predicted octanol–water partition coefficient (Wildman–Crippen LogP) is 16.1. The highest BCUT2D eigenvalue weighted by Crippen LogP contribution is 2.48. The van der Waals surface area contributed by atoms with E-state index in [0.29, 0.717) is 0 Å². The quantitative estimate of drug-likeness (QED) is 0.157. The van der Waals surface area contributed by atoms with Crippen LogP contribution in [-0.2, 0) is 6.42 Å². The molecule has 2 heterocycles. The number of allylic oxidation sites excluding steroid dienone is 3. The maximum atomic E-state index is 6.47. The van der Waals surface area contributed by atoms with Crippen LogP contribution in [0.3, 0.4) is 0 Å². The summed E-state index contributed by atoms with van der Waals surface area (Å²) in [4.78, 5) is 4.82. The lowest BCUT2D eigenvalue weighted by Crippen LogP contribution is -2.13. The standard InChI is InChI=1S/C57H44N2O2/c1-37-22-25-39(3)60-55-30-27-43(33-40(55)26-23-37)58(41-14-6-4-7-15-41)53-35-49-46-19-11-13-21-48(46)54(36-50(49)45-18-10-12-20-47(45)53)59(42-16-8-5-9-17-42)44-28-31-57-52(34-44)51-32-38(2)24-29-56(51)61-57/h4-25,27-36,39H,26H2,1-3H3. The molecule has 1 atom stereocenters. The van der Waals surface area contributed by atoms with Gasteiger partial charge in [-0.25, -0.2) is 0 Å². The van der Waals surface area contributed by atoms with Crippen LogP contribution in [0.4, 0.5) is 34.1 Å². The van der Waals surface area contributed by atoms with Crippen LogP contribution in [0, 0.1) is 6.92 Å². The lowest BCUT2D eigenvalue weighted by atomic mass is 9.93. The number of benzene rings is 9. The van der Waals surface area contributed by atoms with Gasteiger partial charge in [0.2, 0.25) is 0 Å². The van der Waals surface area contributed by atoms with E-state index in [1.807, 2.05) is 0 Å². The normalized spacial score (nSPS) is 14.1. The third-order valence-electron chi connectivity index (χ3n) is 12.1. The Balaban J connectivity index is 1.16. The Kier molecular flexibility index (Phi) is 8.93. The number of nitrogens with zero attached hydrogens (tertiary/aromatic N) is 2. The molecule has 11 rings (SSSR count). The molecule has 0 saturated heterocycles. The molecule has 0 saturated carbocycles. The highest BCUT2D eigenvalue weighted by Gasteiger charge is 2.23. The maximum absolute atomic E-state index is 6.47. The van der Waals surface area contributed by atoms with Crippen molar-refractivity contribution in [1.82, 2.24) is 0 Å². The third-order valence-corrected chi connectivity index (χ3v) is 12.1. The number of aryl methyl sites for hydroxylation is 1. The number of hydrogen-bond donors (Lipinski definition) is 0. The average Bonchev–Trinajstić information content (AvgIpc) is 3.68. The Bertz CT molecular complexity index is 3360. The van der Waals surface area contributed by atoms with Gasteiger partial charge >= 0.3 is 0 Å². The van der Waals surface area contributed by atoms with E-state index in [1.165, 1.54) is 43.5 Å². The van der Waals surface area contributed by atoms with Gasteiger partial charge < -0.3 is 19.0 Å². The van der Waals surface area contributed by atoms with Crippen LogP contribution < -0.4 is 14.5 Å². The van der Waals surface area contributed by atoms with Crippen molar-refractivity contribution in [3.63, 3.8) is 0 Å². The molecule has 4 nitrogen and oxygen atoms in total. The zero-order chi connectivity index (χ0) is 41.0. The molecule has 0 radical (unpaired) electrons. The molecule has 0 N–H and O–H groups in total. The topological polar surface area (TPSA) is 28.9 Å². The van der Waals surface area contributed by atoms with Crippen LogP contribution in [-0.4, -0.2) is 6.10 Å². The summed E-state index contributed by atoms with van der Waals surface area (Å²) in [7, 11) is 0. The molecule has 1 unspecified atom stereocenters. The minimum atomic E-state index is -0.0330. The van der Waals surface area contributed by atoms with Crippen molar-refractivity contribution in [3.05, 3.63) is 211 Å². The summed E-state index contributed by atoms with van der Waals surface area (Å²) in [6, 6.07) is 63.7. The van der Waals surface area contributed by atoms with E-state index in [-0.39, 0.29) is 6.10 Å². The van der Waals surface area contributed by atoms with Crippen molar-refractivity contribution in [2.45, 2.75) is 33.3 Å². The molecule has 294 valence electrons. The number of para-hydroxylation sites is 2. The Morgan fingerprint density at radius 1 is 0.459 bits per heavy atom. The summed E-state index contributed by atoms with van der Waals surface area (Å²) in [6.07, 6.45) is 7.32. The number of anilines is 6. The van der Waals surface area contributed by atoms with Gasteiger partial charge in [-0.1, -0.05) is 114 Å². The molecule has 1 aliphatic heterocycles. The van der Waals surface area contributed by atoms with Crippen LogP contribution in [0.25, 0.3) is 54.3 Å². The lowest BCUT2D eigenvalue weighted by molar-refractivity contribution is 0.268. The second-order valence-electron chi connectivity index (χ2n) is 16.2. The van der Waals surface area contributed by atoms with E-state index in [9.17, 15) is 0 Å². The number of furan rings is 1. The number of ether oxygens (including phenoxy) is 1. The largest absolute Gasteiger partial charge is 0.486 e. The Hall–Kier alpha value is -7.56.